The molecule has 1 rings (SSSR count). The van der Waals surface area contributed by atoms with Gasteiger partial charge in [0.1, 0.15) is 0 Å². The minimum atomic E-state index is -3.10. The molecule has 0 saturated heterocycles. The van der Waals surface area contributed by atoms with Crippen molar-refractivity contribution in [1.29, 1.82) is 0 Å². The van der Waals surface area contributed by atoms with Crippen LogP contribution in [-0.2, 0) is 10.0 Å². The van der Waals surface area contributed by atoms with Crippen LogP contribution in [0.1, 0.15) is 33.1 Å². The van der Waals surface area contributed by atoms with Crippen LogP contribution in [0, 0.1) is 11.8 Å². The predicted octanol–water partition coefficient (Wildman–Crippen LogP) is 2.31. The first kappa shape index (κ1) is 14.3. The fraction of sp³-hybridized carbons (Fsp3) is 1.00. The Kier molecular flexibility index (Phi) is 5.54. The number of halogens is 1. The molecule has 96 valence electrons. The van der Waals surface area contributed by atoms with Crippen LogP contribution >= 0.6 is 11.6 Å². The molecule has 0 radical (unpaired) electrons. The maximum Gasteiger partial charge on any atom is 0.214 e. The van der Waals surface area contributed by atoms with Crippen molar-refractivity contribution in [3.63, 3.8) is 0 Å². The summed E-state index contributed by atoms with van der Waals surface area (Å²) >= 11 is 5.67. The minimum absolute atomic E-state index is 0.0326. The van der Waals surface area contributed by atoms with Crippen molar-refractivity contribution in [3.05, 3.63) is 0 Å². The van der Waals surface area contributed by atoms with Crippen LogP contribution in [0.2, 0.25) is 0 Å². The van der Waals surface area contributed by atoms with Gasteiger partial charge in [0.2, 0.25) is 10.0 Å². The second-order valence-corrected chi connectivity index (χ2v) is 7.16. The van der Waals surface area contributed by atoms with Crippen molar-refractivity contribution in [1.82, 2.24) is 4.31 Å². The van der Waals surface area contributed by atoms with Crippen LogP contribution in [0.5, 0.6) is 0 Å². The lowest BCUT2D eigenvalue weighted by atomic mass is 10.3. The second-order valence-electron chi connectivity index (χ2n) is 4.84. The van der Waals surface area contributed by atoms with E-state index in [0.717, 1.165) is 6.42 Å². The number of rotatable bonds is 8. The molecule has 16 heavy (non-hydrogen) atoms. The van der Waals surface area contributed by atoms with E-state index < -0.39 is 10.0 Å². The predicted molar refractivity (Wildman–Crippen MR) is 68.3 cm³/mol. The molecule has 5 heteroatoms. The zero-order valence-electron chi connectivity index (χ0n) is 10.2. The maximum atomic E-state index is 12.1. The van der Waals surface area contributed by atoms with Crippen molar-refractivity contribution >= 4 is 21.6 Å². The van der Waals surface area contributed by atoms with Crippen LogP contribution in [0.25, 0.3) is 0 Å². The Labute approximate surface area is 104 Å². The highest BCUT2D eigenvalue weighted by molar-refractivity contribution is 7.89. The van der Waals surface area contributed by atoms with Gasteiger partial charge in [-0.25, -0.2) is 12.7 Å². The summed E-state index contributed by atoms with van der Waals surface area (Å²) in [7, 11) is -3.10. The van der Waals surface area contributed by atoms with Crippen molar-refractivity contribution in [2.45, 2.75) is 33.1 Å². The Balaban J connectivity index is 2.58. The van der Waals surface area contributed by atoms with E-state index in [1.54, 1.807) is 4.31 Å². The third-order valence-electron chi connectivity index (χ3n) is 2.78. The largest absolute Gasteiger partial charge is 0.214 e. The molecule has 1 aliphatic rings. The maximum absolute atomic E-state index is 12.1. The summed E-state index contributed by atoms with van der Waals surface area (Å²) in [6, 6.07) is 0. The smallest absolute Gasteiger partial charge is 0.212 e. The molecular weight excluding hydrogens is 246 g/mol. The van der Waals surface area contributed by atoms with Crippen molar-refractivity contribution in [2.75, 3.05) is 24.7 Å². The molecule has 0 aromatic rings. The van der Waals surface area contributed by atoms with Crippen molar-refractivity contribution < 1.29 is 8.42 Å². The molecule has 1 saturated carbocycles. The van der Waals surface area contributed by atoms with Gasteiger partial charge < -0.3 is 0 Å². The highest BCUT2D eigenvalue weighted by Crippen LogP contribution is 2.30. The van der Waals surface area contributed by atoms with Gasteiger partial charge in [-0.1, -0.05) is 13.8 Å². The molecule has 1 aliphatic carbocycles. The van der Waals surface area contributed by atoms with Crippen LogP contribution in [0.3, 0.4) is 0 Å². The molecule has 0 spiro atoms. The standard InChI is InChI=1S/C11H22ClNO2S/c1-3-6-13(8-11-4-5-11)16(14,15)9-10(2)7-12/h10-11H,3-9H2,1-2H3. The van der Waals surface area contributed by atoms with Gasteiger partial charge in [-0.15, -0.1) is 11.6 Å². The Hall–Kier alpha value is 0.200. The van der Waals surface area contributed by atoms with E-state index in [0.29, 0.717) is 24.9 Å². The Morgan fingerprint density at radius 1 is 1.44 bits per heavy atom. The average molecular weight is 268 g/mol. The number of sulfonamides is 1. The SMILES string of the molecule is CCCN(CC1CC1)S(=O)(=O)CC(C)CCl. The lowest BCUT2D eigenvalue weighted by Gasteiger charge is -2.22. The van der Waals surface area contributed by atoms with Gasteiger partial charge in [-0.3, -0.25) is 0 Å². The zero-order chi connectivity index (χ0) is 12.2. The van der Waals surface area contributed by atoms with Crippen LogP contribution in [0.15, 0.2) is 0 Å². The molecule has 0 N–H and O–H groups in total. The Morgan fingerprint density at radius 3 is 2.50 bits per heavy atom. The summed E-state index contributed by atoms with van der Waals surface area (Å²) in [5, 5.41) is 0. The third-order valence-corrected chi connectivity index (χ3v) is 5.42. The van der Waals surface area contributed by atoms with Gasteiger partial charge >= 0.3 is 0 Å². The normalized spacial score (nSPS) is 19.0. The van der Waals surface area contributed by atoms with E-state index in [4.69, 9.17) is 11.6 Å². The monoisotopic (exact) mass is 267 g/mol. The first-order chi connectivity index (χ1) is 7.49. The first-order valence-electron chi connectivity index (χ1n) is 6.03. The zero-order valence-corrected chi connectivity index (χ0v) is 11.7. The lowest BCUT2D eigenvalue weighted by molar-refractivity contribution is 0.392. The minimum Gasteiger partial charge on any atom is -0.212 e. The van der Waals surface area contributed by atoms with Crippen molar-refractivity contribution in [3.8, 4) is 0 Å². The molecule has 0 amide bonds. The van der Waals surface area contributed by atoms with E-state index in [1.165, 1.54) is 12.8 Å². The third kappa shape index (κ3) is 4.60. The lowest BCUT2D eigenvalue weighted by Crippen LogP contribution is -2.37. The Morgan fingerprint density at radius 2 is 2.06 bits per heavy atom. The highest BCUT2D eigenvalue weighted by atomic mass is 35.5. The van der Waals surface area contributed by atoms with Gasteiger partial charge in [0.25, 0.3) is 0 Å². The number of hydrogen-bond donors (Lipinski definition) is 0. The van der Waals surface area contributed by atoms with Crippen molar-refractivity contribution in [2.24, 2.45) is 11.8 Å². The summed E-state index contributed by atoms with van der Waals surface area (Å²) < 4.78 is 25.9. The molecule has 1 atom stereocenters. The molecule has 0 heterocycles. The average Bonchev–Trinajstić information content (AvgIpc) is 3.00. The molecule has 0 aromatic heterocycles. The van der Waals surface area contributed by atoms with Gasteiger partial charge in [0.05, 0.1) is 5.75 Å². The number of nitrogens with zero attached hydrogens (tertiary/aromatic N) is 1. The summed E-state index contributed by atoms with van der Waals surface area (Å²) in [5.74, 6) is 1.23. The van der Waals surface area contributed by atoms with Gasteiger partial charge in [-0.05, 0) is 31.1 Å². The summed E-state index contributed by atoms with van der Waals surface area (Å²) in [6.45, 7) is 5.26. The Bertz CT molecular complexity index is 301. The molecule has 1 unspecified atom stereocenters. The van der Waals surface area contributed by atoms with Crippen LogP contribution in [0.4, 0.5) is 0 Å². The molecular formula is C11H22ClNO2S. The number of hydrogen-bond acceptors (Lipinski definition) is 2. The van der Waals surface area contributed by atoms with E-state index >= 15 is 0 Å². The molecule has 0 bridgehead atoms. The summed E-state index contributed by atoms with van der Waals surface area (Å²) in [5.41, 5.74) is 0. The molecule has 3 nitrogen and oxygen atoms in total. The summed E-state index contributed by atoms with van der Waals surface area (Å²) in [6.07, 6.45) is 3.24. The fourth-order valence-corrected chi connectivity index (χ4v) is 3.88. The second kappa shape index (κ2) is 6.22. The first-order valence-corrected chi connectivity index (χ1v) is 8.17. The van der Waals surface area contributed by atoms with E-state index in [2.05, 4.69) is 0 Å². The fourth-order valence-electron chi connectivity index (χ4n) is 1.69. The molecule has 0 aromatic carbocycles. The number of alkyl halides is 1. The van der Waals surface area contributed by atoms with Gasteiger partial charge in [-0.2, -0.15) is 0 Å². The van der Waals surface area contributed by atoms with Gasteiger partial charge in [0.15, 0.2) is 0 Å². The highest BCUT2D eigenvalue weighted by Gasteiger charge is 2.30. The van der Waals surface area contributed by atoms with Crippen LogP contribution < -0.4 is 0 Å². The summed E-state index contributed by atoms with van der Waals surface area (Å²) in [4.78, 5) is 0. The molecule has 1 fully saturated rings. The van der Waals surface area contributed by atoms with E-state index in [-0.39, 0.29) is 11.7 Å². The topological polar surface area (TPSA) is 37.4 Å². The van der Waals surface area contributed by atoms with E-state index in [1.807, 2.05) is 13.8 Å². The van der Waals surface area contributed by atoms with E-state index in [9.17, 15) is 8.42 Å². The molecule has 0 aliphatic heterocycles. The quantitative estimate of drug-likeness (QED) is 0.633. The van der Waals surface area contributed by atoms with Crippen LogP contribution in [-0.4, -0.2) is 37.4 Å². The van der Waals surface area contributed by atoms with Gasteiger partial charge in [0, 0.05) is 19.0 Å².